The number of ether oxygens (including phenoxy) is 1. The highest BCUT2D eigenvalue weighted by molar-refractivity contribution is 7.08. The number of carbonyl (C=O) groups is 1. The number of hydrogen-bond acceptors (Lipinski definition) is 5. The minimum atomic E-state index is -0.462. The lowest BCUT2D eigenvalue weighted by molar-refractivity contribution is 0.242. The van der Waals surface area contributed by atoms with Gasteiger partial charge >= 0.3 is 6.03 Å². The number of nitrogens with two attached hydrogens (primary N) is 1. The Hall–Kier alpha value is -3.45. The van der Waals surface area contributed by atoms with Gasteiger partial charge in [-0.2, -0.15) is 11.3 Å². The molecule has 0 spiro atoms. The van der Waals surface area contributed by atoms with Gasteiger partial charge in [0.15, 0.2) is 11.5 Å². The van der Waals surface area contributed by atoms with Crippen molar-refractivity contribution in [3.63, 3.8) is 0 Å². The van der Waals surface area contributed by atoms with Crippen LogP contribution in [0, 0.1) is 0 Å². The summed E-state index contributed by atoms with van der Waals surface area (Å²) in [4.78, 5) is 12.5. The van der Waals surface area contributed by atoms with Gasteiger partial charge in [-0.1, -0.05) is 30.3 Å². The normalized spacial score (nSPS) is 16.3. The van der Waals surface area contributed by atoms with E-state index in [2.05, 4.69) is 10.6 Å². The molecule has 5 N–H and O–H groups in total. The monoisotopic (exact) mass is 407 g/mol. The molecule has 7 heteroatoms. The molecule has 1 aromatic heterocycles. The Morgan fingerprint density at radius 1 is 1.17 bits per heavy atom. The molecule has 3 aromatic rings. The number of rotatable bonds is 5. The summed E-state index contributed by atoms with van der Waals surface area (Å²) in [6.45, 7) is 2.22. The smallest absolute Gasteiger partial charge is 0.320 e. The van der Waals surface area contributed by atoms with Gasteiger partial charge in [-0.25, -0.2) is 4.79 Å². The fraction of sp³-hybridized carbons (Fsp3) is 0.136. The van der Waals surface area contributed by atoms with Crippen LogP contribution in [0.4, 0.5) is 10.5 Å². The first-order chi connectivity index (χ1) is 14.1. The highest BCUT2D eigenvalue weighted by Gasteiger charge is 2.31. The van der Waals surface area contributed by atoms with E-state index in [9.17, 15) is 9.90 Å². The number of thiophene rings is 1. The lowest BCUT2D eigenvalue weighted by Crippen LogP contribution is -2.42. The Labute approximate surface area is 172 Å². The van der Waals surface area contributed by atoms with E-state index in [1.165, 1.54) is 0 Å². The van der Waals surface area contributed by atoms with Crippen molar-refractivity contribution < 1.29 is 14.6 Å². The zero-order valence-corrected chi connectivity index (χ0v) is 16.6. The van der Waals surface area contributed by atoms with Gasteiger partial charge < -0.3 is 26.2 Å². The van der Waals surface area contributed by atoms with Crippen molar-refractivity contribution in [1.82, 2.24) is 10.6 Å². The molecule has 2 amide bonds. The van der Waals surface area contributed by atoms with Crippen LogP contribution >= 0.6 is 11.3 Å². The van der Waals surface area contributed by atoms with Crippen LogP contribution in [-0.4, -0.2) is 17.7 Å². The number of carbonyl (C=O) groups excluding carboxylic acids is 1. The number of phenolic OH excluding ortho intramolecular Hbond substituents is 1. The second-order valence-corrected chi connectivity index (χ2v) is 7.37. The number of amides is 2. The lowest BCUT2D eigenvalue weighted by Gasteiger charge is -2.31. The van der Waals surface area contributed by atoms with Gasteiger partial charge in [0.25, 0.3) is 0 Å². The molecule has 6 nitrogen and oxygen atoms in total. The van der Waals surface area contributed by atoms with Crippen LogP contribution in [0.1, 0.15) is 29.7 Å². The molecule has 29 heavy (non-hydrogen) atoms. The van der Waals surface area contributed by atoms with E-state index in [1.54, 1.807) is 23.5 Å². The molecule has 1 aliphatic heterocycles. The molecule has 2 heterocycles. The maximum absolute atomic E-state index is 12.5. The number of benzene rings is 2. The molecule has 1 aliphatic rings. The van der Waals surface area contributed by atoms with Crippen molar-refractivity contribution >= 4 is 34.3 Å². The zero-order valence-electron chi connectivity index (χ0n) is 15.8. The van der Waals surface area contributed by atoms with Crippen molar-refractivity contribution in [2.45, 2.75) is 13.0 Å². The molecule has 0 saturated carbocycles. The summed E-state index contributed by atoms with van der Waals surface area (Å²) in [5, 5.41) is 20.2. The predicted molar refractivity (Wildman–Crippen MR) is 116 cm³/mol. The van der Waals surface area contributed by atoms with Crippen molar-refractivity contribution in [1.29, 1.82) is 0 Å². The van der Waals surface area contributed by atoms with Crippen LogP contribution in [0.25, 0.3) is 11.3 Å². The third-order valence-electron chi connectivity index (χ3n) is 4.73. The van der Waals surface area contributed by atoms with E-state index in [-0.39, 0.29) is 17.5 Å². The van der Waals surface area contributed by atoms with E-state index in [4.69, 9.17) is 10.5 Å². The maximum Gasteiger partial charge on any atom is 0.320 e. The third kappa shape index (κ3) is 3.64. The minimum Gasteiger partial charge on any atom is -0.503 e. The van der Waals surface area contributed by atoms with Gasteiger partial charge in [0.05, 0.1) is 24.0 Å². The van der Waals surface area contributed by atoms with Crippen LogP contribution in [0.3, 0.4) is 0 Å². The third-order valence-corrected chi connectivity index (χ3v) is 5.41. The Morgan fingerprint density at radius 2 is 1.97 bits per heavy atom. The maximum atomic E-state index is 12.5. The number of nitrogen functional groups attached to an aromatic ring is 1. The molecule has 2 aromatic carbocycles. The van der Waals surface area contributed by atoms with Crippen molar-refractivity contribution in [2.24, 2.45) is 0 Å². The lowest BCUT2D eigenvalue weighted by atomic mass is 9.88. The van der Waals surface area contributed by atoms with E-state index in [0.717, 1.165) is 28.0 Å². The Balaban J connectivity index is 1.93. The van der Waals surface area contributed by atoms with Crippen LogP contribution in [0.5, 0.6) is 11.5 Å². The Kier molecular flexibility index (Phi) is 5.14. The molecule has 4 rings (SSSR count). The van der Waals surface area contributed by atoms with E-state index in [1.807, 2.05) is 54.1 Å². The number of aromatic hydroxyl groups is 1. The van der Waals surface area contributed by atoms with E-state index < -0.39 is 6.04 Å². The fourth-order valence-electron chi connectivity index (χ4n) is 3.46. The molecular weight excluding hydrogens is 386 g/mol. The number of phenols is 1. The average molecular weight is 407 g/mol. The Bertz CT molecular complexity index is 1060. The van der Waals surface area contributed by atoms with Crippen LogP contribution in [0.15, 0.2) is 59.3 Å². The Morgan fingerprint density at radius 3 is 2.66 bits per heavy atom. The van der Waals surface area contributed by atoms with Gasteiger partial charge in [0.1, 0.15) is 0 Å². The first-order valence-corrected chi connectivity index (χ1v) is 10.2. The number of anilines is 1. The molecule has 0 aliphatic carbocycles. The summed E-state index contributed by atoms with van der Waals surface area (Å²) in [7, 11) is 0. The van der Waals surface area contributed by atoms with Gasteiger partial charge in [-0.15, -0.1) is 0 Å². The second kappa shape index (κ2) is 7.89. The van der Waals surface area contributed by atoms with Crippen LogP contribution in [-0.2, 0) is 0 Å². The summed E-state index contributed by atoms with van der Waals surface area (Å²) in [5.74, 6) is 0.196. The molecular formula is C22H21N3O3S. The summed E-state index contributed by atoms with van der Waals surface area (Å²) < 4.78 is 5.54. The van der Waals surface area contributed by atoms with E-state index >= 15 is 0 Å². The van der Waals surface area contributed by atoms with E-state index in [0.29, 0.717) is 12.4 Å². The first kappa shape index (κ1) is 18.9. The quantitative estimate of drug-likeness (QED) is 0.373. The summed E-state index contributed by atoms with van der Waals surface area (Å²) in [5.41, 5.74) is 10.5. The summed E-state index contributed by atoms with van der Waals surface area (Å²) in [6.07, 6.45) is 0. The highest BCUT2D eigenvalue weighted by atomic mass is 32.1. The topological polar surface area (TPSA) is 96.6 Å². The number of nitrogens with one attached hydrogen (secondary N) is 2. The summed E-state index contributed by atoms with van der Waals surface area (Å²) >= 11 is 1.58. The SMILES string of the molecule is CCOc1cc(C2NC(=O)NC(c3ccccc3)=C2c2ccsc2)cc(N)c1O. The molecule has 0 radical (unpaired) electrons. The largest absolute Gasteiger partial charge is 0.503 e. The van der Waals surface area contributed by atoms with Gasteiger partial charge in [0.2, 0.25) is 0 Å². The molecule has 0 bridgehead atoms. The molecule has 0 saturated heterocycles. The molecule has 148 valence electrons. The first-order valence-electron chi connectivity index (χ1n) is 9.23. The van der Waals surface area contributed by atoms with Gasteiger partial charge in [-0.05, 0) is 52.6 Å². The second-order valence-electron chi connectivity index (χ2n) is 6.59. The van der Waals surface area contributed by atoms with Crippen molar-refractivity contribution in [3.05, 3.63) is 76.0 Å². The molecule has 1 atom stereocenters. The summed E-state index contributed by atoms with van der Waals surface area (Å²) in [6, 6.07) is 14.4. The van der Waals surface area contributed by atoms with Crippen molar-refractivity contribution in [3.8, 4) is 11.5 Å². The average Bonchev–Trinajstić information content (AvgIpc) is 3.26. The van der Waals surface area contributed by atoms with Crippen molar-refractivity contribution in [2.75, 3.05) is 12.3 Å². The van der Waals surface area contributed by atoms with Crippen LogP contribution in [0.2, 0.25) is 0 Å². The molecule has 1 unspecified atom stereocenters. The van der Waals surface area contributed by atoms with Crippen LogP contribution < -0.4 is 21.1 Å². The standard InChI is InChI=1S/C22H21N3O3S/c1-2-28-17-11-15(10-16(23)21(17)26)20-18(14-8-9-29-12-14)19(24-22(27)25-20)13-6-4-3-5-7-13/h3-12,20,26H,2,23H2,1H3,(H2,24,25,27). The van der Waals surface area contributed by atoms with Gasteiger partial charge in [-0.3, -0.25) is 0 Å². The molecule has 0 fully saturated rings. The number of urea groups is 1. The minimum absolute atomic E-state index is 0.0970. The highest BCUT2D eigenvalue weighted by Crippen LogP contribution is 2.42. The predicted octanol–water partition coefficient (Wildman–Crippen LogP) is 4.36. The van der Waals surface area contributed by atoms with Gasteiger partial charge in [0, 0.05) is 5.57 Å². The fourth-order valence-corrected chi connectivity index (χ4v) is 4.12. The zero-order chi connectivity index (χ0) is 20.4. The number of hydrogen-bond donors (Lipinski definition) is 4.